The molecule has 0 atom stereocenters. The Kier molecular flexibility index (Phi) is 5.36. The molecule has 0 heterocycles. The SMILES string of the molecule is CC(C)Oc1ccc(CC(=O)N(C)CC(=O)O)cc1. The number of hydrogen-bond acceptors (Lipinski definition) is 3. The highest BCUT2D eigenvalue weighted by Crippen LogP contribution is 2.14. The Hall–Kier alpha value is -2.04. The van der Waals surface area contributed by atoms with Gasteiger partial charge >= 0.3 is 5.97 Å². The summed E-state index contributed by atoms with van der Waals surface area (Å²) in [5, 5.41) is 8.61. The number of aliphatic carboxylic acids is 1. The van der Waals surface area contributed by atoms with Crippen LogP contribution in [0.25, 0.3) is 0 Å². The zero-order chi connectivity index (χ0) is 14.4. The van der Waals surface area contributed by atoms with E-state index in [4.69, 9.17) is 9.84 Å². The molecule has 0 bridgehead atoms. The van der Waals surface area contributed by atoms with Gasteiger partial charge in [0.1, 0.15) is 12.3 Å². The van der Waals surface area contributed by atoms with Crippen molar-refractivity contribution >= 4 is 11.9 Å². The van der Waals surface area contributed by atoms with Crippen LogP contribution in [0, 0.1) is 0 Å². The number of rotatable bonds is 6. The molecule has 0 radical (unpaired) electrons. The molecule has 0 unspecified atom stereocenters. The smallest absolute Gasteiger partial charge is 0.323 e. The molecular weight excluding hydrogens is 246 g/mol. The average molecular weight is 265 g/mol. The van der Waals surface area contributed by atoms with Crippen molar-refractivity contribution in [3.05, 3.63) is 29.8 Å². The molecule has 0 fully saturated rings. The van der Waals surface area contributed by atoms with Crippen LogP contribution >= 0.6 is 0 Å². The van der Waals surface area contributed by atoms with Crippen LogP contribution in [0.2, 0.25) is 0 Å². The van der Waals surface area contributed by atoms with Crippen LogP contribution in [0.1, 0.15) is 19.4 Å². The third-order valence-corrected chi connectivity index (χ3v) is 2.45. The maximum Gasteiger partial charge on any atom is 0.323 e. The lowest BCUT2D eigenvalue weighted by Crippen LogP contribution is -2.33. The summed E-state index contributed by atoms with van der Waals surface area (Å²) in [5.74, 6) is -0.485. The van der Waals surface area contributed by atoms with E-state index in [2.05, 4.69) is 0 Å². The summed E-state index contributed by atoms with van der Waals surface area (Å²) in [6.07, 6.45) is 0.292. The molecule has 1 rings (SSSR count). The Balaban J connectivity index is 2.57. The first kappa shape index (κ1) is 15.0. The van der Waals surface area contributed by atoms with Crippen LogP contribution in [-0.4, -0.2) is 41.6 Å². The van der Waals surface area contributed by atoms with Gasteiger partial charge in [0, 0.05) is 7.05 Å². The summed E-state index contributed by atoms with van der Waals surface area (Å²) in [4.78, 5) is 23.4. The summed E-state index contributed by atoms with van der Waals surface area (Å²) in [7, 11) is 1.48. The molecule has 1 N–H and O–H groups in total. The van der Waals surface area contributed by atoms with Crippen molar-refractivity contribution in [2.45, 2.75) is 26.4 Å². The van der Waals surface area contributed by atoms with Gasteiger partial charge < -0.3 is 14.7 Å². The fraction of sp³-hybridized carbons (Fsp3) is 0.429. The largest absolute Gasteiger partial charge is 0.491 e. The quantitative estimate of drug-likeness (QED) is 0.847. The van der Waals surface area contributed by atoms with Crippen LogP contribution in [-0.2, 0) is 16.0 Å². The Labute approximate surface area is 112 Å². The predicted molar refractivity (Wildman–Crippen MR) is 71.2 cm³/mol. The molecule has 1 amide bonds. The second-order valence-corrected chi connectivity index (χ2v) is 4.63. The van der Waals surface area contributed by atoms with Crippen LogP contribution in [0.3, 0.4) is 0 Å². The van der Waals surface area contributed by atoms with E-state index >= 15 is 0 Å². The van der Waals surface area contributed by atoms with E-state index in [9.17, 15) is 9.59 Å². The zero-order valence-electron chi connectivity index (χ0n) is 11.4. The number of carboxylic acids is 1. The van der Waals surface area contributed by atoms with Crippen LogP contribution in [0.4, 0.5) is 0 Å². The first-order valence-electron chi connectivity index (χ1n) is 6.10. The van der Waals surface area contributed by atoms with Gasteiger partial charge in [-0.15, -0.1) is 0 Å². The number of amides is 1. The lowest BCUT2D eigenvalue weighted by Gasteiger charge is -2.15. The average Bonchev–Trinajstić information content (AvgIpc) is 2.30. The fourth-order valence-corrected chi connectivity index (χ4v) is 1.56. The van der Waals surface area contributed by atoms with Crippen LogP contribution in [0.15, 0.2) is 24.3 Å². The fourth-order valence-electron chi connectivity index (χ4n) is 1.56. The minimum atomic E-state index is -1.02. The van der Waals surface area contributed by atoms with E-state index in [1.54, 1.807) is 12.1 Å². The second-order valence-electron chi connectivity index (χ2n) is 4.63. The van der Waals surface area contributed by atoms with Crippen molar-refractivity contribution in [3.8, 4) is 5.75 Å². The molecule has 0 aliphatic carbocycles. The van der Waals surface area contributed by atoms with Gasteiger partial charge in [0.2, 0.25) is 5.91 Å². The summed E-state index contributed by atoms with van der Waals surface area (Å²) < 4.78 is 5.50. The number of nitrogens with zero attached hydrogens (tertiary/aromatic N) is 1. The number of hydrogen-bond donors (Lipinski definition) is 1. The number of benzene rings is 1. The van der Waals surface area contributed by atoms with Gasteiger partial charge in [0.05, 0.1) is 12.5 Å². The normalized spacial score (nSPS) is 10.3. The van der Waals surface area contributed by atoms with Crippen LogP contribution < -0.4 is 4.74 Å². The molecule has 0 aliphatic heterocycles. The Bertz CT molecular complexity index is 439. The van der Waals surface area contributed by atoms with Crippen molar-refractivity contribution in [1.82, 2.24) is 4.90 Å². The van der Waals surface area contributed by atoms with Crippen molar-refractivity contribution in [2.24, 2.45) is 0 Å². The first-order valence-corrected chi connectivity index (χ1v) is 6.10. The first-order chi connectivity index (χ1) is 8.88. The number of carboxylic acid groups (broad SMARTS) is 1. The van der Waals surface area contributed by atoms with Gasteiger partial charge in [-0.2, -0.15) is 0 Å². The van der Waals surface area contributed by atoms with Crippen molar-refractivity contribution in [2.75, 3.05) is 13.6 Å². The highest BCUT2D eigenvalue weighted by atomic mass is 16.5. The standard InChI is InChI=1S/C14H19NO4/c1-10(2)19-12-6-4-11(5-7-12)8-13(16)15(3)9-14(17)18/h4-7,10H,8-9H2,1-3H3,(H,17,18). The molecule has 104 valence electrons. The van der Waals surface area contributed by atoms with Gasteiger partial charge in [0.15, 0.2) is 0 Å². The number of carbonyl (C=O) groups excluding carboxylic acids is 1. The lowest BCUT2D eigenvalue weighted by molar-refractivity contribution is -0.143. The van der Waals surface area contributed by atoms with E-state index in [1.165, 1.54) is 11.9 Å². The van der Waals surface area contributed by atoms with E-state index in [0.717, 1.165) is 11.3 Å². The summed E-state index contributed by atoms with van der Waals surface area (Å²) in [6.45, 7) is 3.60. The highest BCUT2D eigenvalue weighted by molar-refractivity contribution is 5.82. The van der Waals surface area contributed by atoms with Gasteiger partial charge in [-0.1, -0.05) is 12.1 Å². The predicted octanol–water partition coefficient (Wildman–Crippen LogP) is 1.56. The number of carbonyl (C=O) groups is 2. The van der Waals surface area contributed by atoms with Gasteiger partial charge in [-0.05, 0) is 31.5 Å². The van der Waals surface area contributed by atoms with Crippen LogP contribution in [0.5, 0.6) is 5.75 Å². The minimum Gasteiger partial charge on any atom is -0.491 e. The molecule has 0 spiro atoms. The third-order valence-electron chi connectivity index (χ3n) is 2.45. The van der Waals surface area contributed by atoms with E-state index in [1.807, 2.05) is 26.0 Å². The Morgan fingerprint density at radius 2 is 1.84 bits per heavy atom. The minimum absolute atomic E-state index is 0.106. The summed E-state index contributed by atoms with van der Waals surface area (Å²) in [6, 6.07) is 7.23. The molecule has 1 aromatic carbocycles. The molecule has 19 heavy (non-hydrogen) atoms. The maximum atomic E-state index is 11.7. The van der Waals surface area contributed by atoms with E-state index in [-0.39, 0.29) is 25.0 Å². The molecule has 1 aromatic rings. The zero-order valence-corrected chi connectivity index (χ0v) is 11.4. The maximum absolute atomic E-state index is 11.7. The molecule has 5 nitrogen and oxygen atoms in total. The molecular formula is C14H19NO4. The second kappa shape index (κ2) is 6.78. The molecule has 5 heteroatoms. The van der Waals surface area contributed by atoms with Gasteiger partial charge in [-0.3, -0.25) is 9.59 Å². The van der Waals surface area contributed by atoms with Crippen molar-refractivity contribution in [1.29, 1.82) is 0 Å². The number of ether oxygens (including phenoxy) is 1. The number of likely N-dealkylation sites (N-methyl/N-ethyl adjacent to an activating group) is 1. The third kappa shape index (κ3) is 5.42. The van der Waals surface area contributed by atoms with Gasteiger partial charge in [0.25, 0.3) is 0 Å². The summed E-state index contributed by atoms with van der Waals surface area (Å²) >= 11 is 0. The van der Waals surface area contributed by atoms with E-state index in [0.29, 0.717) is 0 Å². The topological polar surface area (TPSA) is 66.8 Å². The Morgan fingerprint density at radius 1 is 1.26 bits per heavy atom. The monoisotopic (exact) mass is 265 g/mol. The van der Waals surface area contributed by atoms with Crippen molar-refractivity contribution < 1.29 is 19.4 Å². The highest BCUT2D eigenvalue weighted by Gasteiger charge is 2.12. The van der Waals surface area contributed by atoms with Gasteiger partial charge in [-0.25, -0.2) is 0 Å². The molecule has 0 saturated heterocycles. The van der Waals surface area contributed by atoms with E-state index < -0.39 is 5.97 Å². The molecule has 0 aliphatic rings. The molecule has 0 saturated carbocycles. The lowest BCUT2D eigenvalue weighted by atomic mass is 10.1. The summed E-state index contributed by atoms with van der Waals surface area (Å²) in [5.41, 5.74) is 0.832. The Morgan fingerprint density at radius 3 is 2.32 bits per heavy atom. The van der Waals surface area contributed by atoms with Crippen molar-refractivity contribution in [3.63, 3.8) is 0 Å². The molecule has 0 aromatic heterocycles.